The summed E-state index contributed by atoms with van der Waals surface area (Å²) in [5, 5.41) is 0. The summed E-state index contributed by atoms with van der Waals surface area (Å²) >= 11 is 0. The van der Waals surface area contributed by atoms with Gasteiger partial charge in [-0.15, -0.1) is 0 Å². The molecule has 0 saturated heterocycles. The topological polar surface area (TPSA) is 206 Å². The molecule has 0 amide bonds. The highest BCUT2D eigenvalue weighted by atomic mass is 15.0. The van der Waals surface area contributed by atoms with E-state index in [-0.39, 0.29) is 80.2 Å². The normalized spacial score (nSPS) is 9.74. The van der Waals surface area contributed by atoms with Gasteiger partial charge in [0.2, 0.25) is 0 Å². The number of rotatable bonds is 16. The highest BCUT2D eigenvalue weighted by Gasteiger charge is 2.16. The van der Waals surface area contributed by atoms with Crippen LogP contribution >= 0.6 is 0 Å². The maximum atomic E-state index is 4.75. The van der Waals surface area contributed by atoms with Crippen LogP contribution in [0.5, 0.6) is 0 Å². The SMILES string of the molecule is C.C.C.C.C.C.C.C.C.C.CC(C)c1cc(-c2ccccc2)nc(-c2ccccc2)n1.CC(C)c1ccccn1.CC(C)c1cccnc1.CC(C)c1ccncc1.CC(C)c1ccncn1.CC(C)c1cnc(-c2ccccc2)nc1.CC(C)c1nc(-c2ccccc2)cc(-c2ccccc2)n1.CC(C)c1nc(-c2ccccc2)nc(-c2ccccc2)n1.CC(C)c1ncccn1. The zero-order valence-electron chi connectivity index (χ0n) is 74.8. The smallest absolute Gasteiger partial charge is 0.163 e. The van der Waals surface area contributed by atoms with E-state index in [4.69, 9.17) is 19.9 Å². The monoisotopic (exact) mass is 1790 g/mol. The summed E-state index contributed by atoms with van der Waals surface area (Å²) in [5.41, 5.74) is 17.6. The molecule has 0 fully saturated rings. The van der Waals surface area contributed by atoms with Crippen LogP contribution in [0.1, 0.15) is 303 Å². The molecule has 0 atom stereocenters. The fourth-order valence-corrected chi connectivity index (χ4v) is 11.4. The van der Waals surface area contributed by atoms with Crippen molar-refractivity contribution in [1.29, 1.82) is 0 Å². The lowest BCUT2D eigenvalue weighted by atomic mass is 10.1. The second-order valence-corrected chi connectivity index (χ2v) is 31.7. The molecule has 0 spiro atoms. The van der Waals surface area contributed by atoms with Gasteiger partial charge in [-0.3, -0.25) is 15.0 Å². The minimum atomic E-state index is 0. The fraction of sp³-hybridized carbons (Fsp3) is 0.316. The van der Waals surface area contributed by atoms with Crippen molar-refractivity contribution in [3.05, 3.63) is 399 Å². The van der Waals surface area contributed by atoms with Crippen LogP contribution in [0.15, 0.2) is 347 Å². The first-order valence-electron chi connectivity index (χ1n) is 42.5. The summed E-state index contributed by atoms with van der Waals surface area (Å²) in [7, 11) is 0. The summed E-state index contributed by atoms with van der Waals surface area (Å²) in [6, 6.07) is 93.1. The molecule has 0 bridgehead atoms. The Labute approximate surface area is 804 Å². The molecular formula is C117H160N16. The maximum Gasteiger partial charge on any atom is 0.163 e. The zero-order chi connectivity index (χ0) is 88.1. The van der Waals surface area contributed by atoms with E-state index in [2.05, 4.69) is 239 Å². The van der Waals surface area contributed by atoms with Crippen LogP contribution in [0.4, 0.5) is 0 Å². The maximum absolute atomic E-state index is 4.75. The Morgan fingerprint density at radius 3 is 0.812 bits per heavy atom. The Balaban J connectivity index is -0.00000145. The molecule has 708 valence electrons. The first-order valence-corrected chi connectivity index (χ1v) is 42.5. The number of hydrogen-bond acceptors (Lipinski definition) is 16. The second-order valence-electron chi connectivity index (χ2n) is 31.7. The van der Waals surface area contributed by atoms with Crippen LogP contribution in [0, 0.1) is 0 Å². The van der Waals surface area contributed by atoms with E-state index in [1.165, 1.54) is 16.7 Å². The van der Waals surface area contributed by atoms with Crippen LogP contribution in [0.2, 0.25) is 0 Å². The van der Waals surface area contributed by atoms with Crippen molar-refractivity contribution >= 4 is 0 Å². The number of pyridine rings is 3. The summed E-state index contributed by atoms with van der Waals surface area (Å²) in [6.07, 6.45) is 19.9. The van der Waals surface area contributed by atoms with Crippen molar-refractivity contribution in [3.63, 3.8) is 0 Å². The van der Waals surface area contributed by atoms with Gasteiger partial charge < -0.3 is 0 Å². The molecule has 16 nitrogen and oxygen atoms in total. The third kappa shape index (κ3) is 43.3. The highest BCUT2D eigenvalue weighted by molar-refractivity contribution is 5.69. The molecule has 0 aliphatic rings. The first-order chi connectivity index (χ1) is 59.5. The zero-order valence-corrected chi connectivity index (χ0v) is 74.8. The molecule has 0 aliphatic carbocycles. The van der Waals surface area contributed by atoms with Gasteiger partial charge in [0.05, 0.1) is 17.1 Å². The number of benzene rings is 7. The Kier molecular flexibility index (Phi) is 62.8. The van der Waals surface area contributed by atoms with Crippen molar-refractivity contribution in [3.8, 4) is 79.3 Å². The summed E-state index contributed by atoms with van der Waals surface area (Å²) in [4.78, 5) is 69.6. The number of hydrogen-bond donors (Lipinski definition) is 0. The predicted octanol–water partition coefficient (Wildman–Crippen LogP) is 33.6. The minimum absolute atomic E-state index is 0. The molecular weight excluding hydrogens is 1630 g/mol. The van der Waals surface area contributed by atoms with Gasteiger partial charge in [0.1, 0.15) is 23.8 Å². The lowest BCUT2D eigenvalue weighted by Crippen LogP contribution is -2.04. The lowest BCUT2D eigenvalue weighted by Gasteiger charge is -2.10. The third-order valence-corrected chi connectivity index (χ3v) is 18.7. The molecule has 16 heteroatoms. The molecule has 9 aromatic heterocycles. The Morgan fingerprint density at radius 1 is 0.173 bits per heavy atom. The molecule has 16 aromatic rings. The average Bonchev–Trinajstić information content (AvgIpc) is 0.820. The van der Waals surface area contributed by atoms with Crippen molar-refractivity contribution < 1.29 is 0 Å². The summed E-state index contributed by atoms with van der Waals surface area (Å²) < 4.78 is 0. The standard InChI is InChI=1S/2C19H18N2.C18H17N3.C13H14N2.3C8H11N.2C7H10N2.10CH4/c1-14(2)19-20-17(15-9-5-3-6-10-15)13-18(21-19)16-11-7-4-8-12-16;1-14(2)17-13-18(15-9-5-3-6-10-15)21-19(20-17)16-11-7-4-8-12-16;1-13(2)16-19-17(14-9-5-3-6-10-14)21-18(20-16)15-11-7-4-8-12-15;1-10(2)12-8-14-13(15-9-12)11-6-4-3-5-7-11;1-7(2)8-3-5-9-6-4-8;1-7(2)8-4-3-5-9-6-8;1-7(2)8-5-3-4-6-9-8;1-6(2)7-3-4-8-5-9-7;1-6(2)7-8-4-3-5-9-7;;;;;;;;;;/h2*3-14H,1-2H3;3-13H,1-2H3;3-10H,1-2H3;3*3-7H,1-2H3;2*3-6H,1-2H3;10*1H4. The highest BCUT2D eigenvalue weighted by Crippen LogP contribution is 2.29. The van der Waals surface area contributed by atoms with E-state index in [1.54, 1.807) is 31.1 Å². The molecule has 7 aromatic carbocycles. The van der Waals surface area contributed by atoms with Gasteiger partial charge in [0.25, 0.3) is 0 Å². The van der Waals surface area contributed by atoms with Gasteiger partial charge in [0.15, 0.2) is 23.3 Å². The molecule has 0 unspecified atom stereocenters. The quantitative estimate of drug-likeness (QED) is 0.0881. The van der Waals surface area contributed by atoms with Crippen LogP contribution in [-0.4, -0.2) is 79.7 Å². The van der Waals surface area contributed by atoms with E-state index in [9.17, 15) is 0 Å². The molecule has 0 N–H and O–H groups in total. The molecule has 9 heterocycles. The van der Waals surface area contributed by atoms with Gasteiger partial charge in [0, 0.05) is 136 Å². The Hall–Kier alpha value is -13.6. The van der Waals surface area contributed by atoms with Gasteiger partial charge in [-0.2, -0.15) is 0 Å². The lowest BCUT2D eigenvalue weighted by molar-refractivity contribution is 0.766. The largest absolute Gasteiger partial charge is 0.265 e. The molecule has 0 saturated carbocycles. The summed E-state index contributed by atoms with van der Waals surface area (Å²) in [5.74, 6) is 9.79. The van der Waals surface area contributed by atoms with Crippen LogP contribution in [0.3, 0.4) is 0 Å². The van der Waals surface area contributed by atoms with Gasteiger partial charge in [-0.25, -0.2) is 64.8 Å². The van der Waals surface area contributed by atoms with E-state index < -0.39 is 0 Å². The van der Waals surface area contributed by atoms with E-state index in [0.29, 0.717) is 47.3 Å². The second kappa shape index (κ2) is 67.6. The molecule has 16 rings (SSSR count). The average molecular weight is 1790 g/mol. The Bertz CT molecular complexity index is 4760. The Morgan fingerprint density at radius 2 is 0.511 bits per heavy atom. The van der Waals surface area contributed by atoms with Crippen molar-refractivity contribution in [1.82, 2.24) is 79.7 Å². The van der Waals surface area contributed by atoms with Crippen LogP contribution in [0.25, 0.3) is 79.3 Å². The molecule has 0 radical (unpaired) electrons. The number of nitrogens with zero attached hydrogens (tertiary/aromatic N) is 16. The van der Waals surface area contributed by atoms with E-state index in [1.807, 2.05) is 262 Å². The van der Waals surface area contributed by atoms with Crippen molar-refractivity contribution in [2.45, 2.75) is 252 Å². The van der Waals surface area contributed by atoms with Crippen molar-refractivity contribution in [2.75, 3.05) is 0 Å². The van der Waals surface area contributed by atoms with Gasteiger partial charge in [-0.05, 0) is 107 Å². The molecule has 0 aliphatic heterocycles. The first kappa shape index (κ1) is 124. The van der Waals surface area contributed by atoms with Crippen molar-refractivity contribution in [2.24, 2.45) is 0 Å². The van der Waals surface area contributed by atoms with Gasteiger partial charge >= 0.3 is 0 Å². The van der Waals surface area contributed by atoms with Crippen LogP contribution < -0.4 is 0 Å². The van der Waals surface area contributed by atoms with Gasteiger partial charge in [-0.1, -0.05) is 423 Å². The van der Waals surface area contributed by atoms with E-state index >= 15 is 0 Å². The fourth-order valence-electron chi connectivity index (χ4n) is 11.4. The summed E-state index contributed by atoms with van der Waals surface area (Å²) in [6.45, 7) is 38.4. The van der Waals surface area contributed by atoms with E-state index in [0.717, 1.165) is 114 Å². The third-order valence-electron chi connectivity index (χ3n) is 18.7. The minimum Gasteiger partial charge on any atom is -0.265 e. The van der Waals surface area contributed by atoms with Crippen LogP contribution in [-0.2, 0) is 0 Å². The number of aromatic nitrogens is 16. The predicted molar refractivity (Wildman–Crippen MR) is 575 cm³/mol. The molecule has 133 heavy (non-hydrogen) atoms.